The Morgan fingerprint density at radius 2 is 1.75 bits per heavy atom. The quantitative estimate of drug-likeness (QED) is 0.673. The lowest BCUT2D eigenvalue weighted by Crippen LogP contribution is -2.16. The maximum atomic E-state index is 10.7. The lowest BCUT2D eigenvalue weighted by Gasteiger charge is -2.04. The molecule has 0 unspecified atom stereocenters. The lowest BCUT2D eigenvalue weighted by molar-refractivity contribution is -0.136. The number of fused-ring (bicyclic) bond motifs is 1. The van der Waals surface area contributed by atoms with Crippen LogP contribution in [0.3, 0.4) is 0 Å². The van der Waals surface area contributed by atoms with Crippen molar-refractivity contribution in [2.45, 2.75) is 26.1 Å². The predicted molar refractivity (Wildman–Crippen MR) is 85.5 cm³/mol. The van der Waals surface area contributed by atoms with Gasteiger partial charge < -0.3 is 5.11 Å². The van der Waals surface area contributed by atoms with Crippen LogP contribution in [0, 0.1) is 11.5 Å². The van der Waals surface area contributed by atoms with Gasteiger partial charge in [-0.25, -0.2) is 0 Å². The van der Waals surface area contributed by atoms with E-state index >= 15 is 0 Å². The molecule has 0 saturated heterocycles. The molecule has 2 aromatic rings. The highest BCUT2D eigenvalue weighted by Crippen LogP contribution is 2.18. The van der Waals surface area contributed by atoms with Gasteiger partial charge in [-0.2, -0.15) is 0 Å². The summed E-state index contributed by atoms with van der Waals surface area (Å²) in [6.07, 6.45) is 0.0626. The summed E-state index contributed by atoms with van der Waals surface area (Å²) in [6.45, 7) is 6.66. The van der Waals surface area contributed by atoms with Crippen LogP contribution in [-0.2, 0) is 11.2 Å². The van der Waals surface area contributed by atoms with Gasteiger partial charge in [0.05, 0.1) is 6.42 Å². The number of hydrogen-bond acceptors (Lipinski definition) is 1. The molecule has 20 heavy (non-hydrogen) atoms. The Morgan fingerprint density at radius 3 is 2.40 bits per heavy atom. The van der Waals surface area contributed by atoms with Crippen LogP contribution < -0.4 is 0 Å². The Hall–Kier alpha value is -2.05. The molecule has 0 bridgehead atoms. The standard InChI is InChI=1S/C17H18O2Si/c1-20(2,3)9-8-13-4-6-16-11-14(12-17(18)19)5-7-15(16)10-13/h4-7,10-11H,12H2,1-3H3,(H,18,19). The van der Waals surface area contributed by atoms with E-state index < -0.39 is 14.0 Å². The Kier molecular flexibility index (Phi) is 3.96. The number of aliphatic carboxylic acids is 1. The normalized spacial score (nSPS) is 10.9. The Labute approximate surface area is 120 Å². The monoisotopic (exact) mass is 282 g/mol. The van der Waals surface area contributed by atoms with Gasteiger partial charge in [0.1, 0.15) is 8.07 Å². The largest absolute Gasteiger partial charge is 0.481 e. The van der Waals surface area contributed by atoms with E-state index in [0.717, 1.165) is 21.9 Å². The van der Waals surface area contributed by atoms with Gasteiger partial charge >= 0.3 is 5.97 Å². The topological polar surface area (TPSA) is 37.3 Å². The van der Waals surface area contributed by atoms with Crippen LogP contribution in [0.15, 0.2) is 36.4 Å². The molecule has 0 aliphatic rings. The molecule has 2 nitrogen and oxygen atoms in total. The molecule has 1 N–H and O–H groups in total. The van der Waals surface area contributed by atoms with E-state index in [1.54, 1.807) is 0 Å². The van der Waals surface area contributed by atoms with Crippen molar-refractivity contribution in [1.29, 1.82) is 0 Å². The van der Waals surface area contributed by atoms with E-state index in [1.807, 2.05) is 30.3 Å². The zero-order chi connectivity index (χ0) is 14.8. The molecule has 0 saturated carbocycles. The summed E-state index contributed by atoms with van der Waals surface area (Å²) in [4.78, 5) is 10.7. The fraction of sp³-hybridized carbons (Fsp3) is 0.235. The zero-order valence-electron chi connectivity index (χ0n) is 12.0. The molecule has 0 aliphatic carbocycles. The first-order valence-corrected chi connectivity index (χ1v) is 10.1. The fourth-order valence-electron chi connectivity index (χ4n) is 1.92. The Balaban J connectivity index is 2.36. The molecule has 0 heterocycles. The van der Waals surface area contributed by atoms with Gasteiger partial charge in [-0.3, -0.25) is 4.79 Å². The third-order valence-electron chi connectivity index (χ3n) is 2.84. The summed E-state index contributed by atoms with van der Waals surface area (Å²) >= 11 is 0. The van der Waals surface area contributed by atoms with Gasteiger partial charge in [0.15, 0.2) is 0 Å². The molecule has 0 fully saturated rings. The van der Waals surface area contributed by atoms with Crippen molar-refractivity contribution in [2.24, 2.45) is 0 Å². The summed E-state index contributed by atoms with van der Waals surface area (Å²) in [6, 6.07) is 11.8. The van der Waals surface area contributed by atoms with Gasteiger partial charge in [-0.15, -0.1) is 5.54 Å². The van der Waals surface area contributed by atoms with Crippen LogP contribution >= 0.6 is 0 Å². The van der Waals surface area contributed by atoms with E-state index in [2.05, 4.69) is 37.2 Å². The molecule has 0 aliphatic heterocycles. The minimum absolute atomic E-state index is 0.0626. The molecule has 2 aromatic carbocycles. The minimum Gasteiger partial charge on any atom is -0.481 e. The third-order valence-corrected chi connectivity index (χ3v) is 3.72. The maximum absolute atomic E-state index is 10.7. The van der Waals surface area contributed by atoms with Gasteiger partial charge in [0, 0.05) is 5.56 Å². The van der Waals surface area contributed by atoms with Crippen molar-refractivity contribution in [3.05, 3.63) is 47.5 Å². The first-order valence-electron chi connectivity index (χ1n) is 6.61. The summed E-state index contributed by atoms with van der Waals surface area (Å²) in [5.41, 5.74) is 5.20. The zero-order valence-corrected chi connectivity index (χ0v) is 13.0. The van der Waals surface area contributed by atoms with Crippen LogP contribution in [0.4, 0.5) is 0 Å². The molecular weight excluding hydrogens is 264 g/mol. The molecule has 0 spiro atoms. The van der Waals surface area contributed by atoms with Crippen molar-refractivity contribution in [3.8, 4) is 11.5 Å². The smallest absolute Gasteiger partial charge is 0.307 e. The van der Waals surface area contributed by atoms with E-state index in [0.29, 0.717) is 0 Å². The van der Waals surface area contributed by atoms with Crippen molar-refractivity contribution in [1.82, 2.24) is 0 Å². The van der Waals surface area contributed by atoms with Gasteiger partial charge in [0.2, 0.25) is 0 Å². The van der Waals surface area contributed by atoms with E-state index in [1.165, 1.54) is 0 Å². The first kappa shape index (κ1) is 14.4. The van der Waals surface area contributed by atoms with Crippen LogP contribution in [0.1, 0.15) is 11.1 Å². The number of hydrogen-bond donors (Lipinski definition) is 1. The van der Waals surface area contributed by atoms with Gasteiger partial charge in [0.25, 0.3) is 0 Å². The van der Waals surface area contributed by atoms with Gasteiger partial charge in [-0.1, -0.05) is 49.8 Å². The number of benzene rings is 2. The average Bonchev–Trinajstić information content (AvgIpc) is 2.34. The molecule has 0 radical (unpaired) electrons. The second-order valence-electron chi connectivity index (χ2n) is 5.97. The third kappa shape index (κ3) is 3.97. The summed E-state index contributed by atoms with van der Waals surface area (Å²) < 4.78 is 0. The van der Waals surface area contributed by atoms with Gasteiger partial charge in [-0.05, 0) is 28.5 Å². The number of rotatable bonds is 2. The van der Waals surface area contributed by atoms with Crippen LogP contribution in [-0.4, -0.2) is 19.1 Å². The SMILES string of the molecule is C[Si](C)(C)C#Cc1ccc2cc(CC(=O)O)ccc2c1. The molecule has 0 atom stereocenters. The molecule has 2 rings (SSSR count). The number of carboxylic acid groups (broad SMARTS) is 1. The van der Waals surface area contributed by atoms with Crippen molar-refractivity contribution >= 4 is 24.8 Å². The highest BCUT2D eigenvalue weighted by atomic mass is 28.3. The van der Waals surface area contributed by atoms with Crippen molar-refractivity contribution < 1.29 is 9.90 Å². The van der Waals surface area contributed by atoms with Crippen molar-refractivity contribution in [2.75, 3.05) is 0 Å². The summed E-state index contributed by atoms with van der Waals surface area (Å²) in [7, 11) is -1.36. The lowest BCUT2D eigenvalue weighted by atomic mass is 10.0. The molecule has 3 heteroatoms. The van der Waals surface area contributed by atoms with E-state index in [-0.39, 0.29) is 6.42 Å². The Morgan fingerprint density at radius 1 is 1.10 bits per heavy atom. The van der Waals surface area contributed by atoms with E-state index in [9.17, 15) is 4.79 Å². The van der Waals surface area contributed by atoms with Crippen LogP contribution in [0.25, 0.3) is 10.8 Å². The fourth-order valence-corrected chi connectivity index (χ4v) is 2.44. The maximum Gasteiger partial charge on any atom is 0.307 e. The first-order chi connectivity index (χ1) is 9.33. The average molecular weight is 282 g/mol. The summed E-state index contributed by atoms with van der Waals surface area (Å²) in [5.74, 6) is 2.44. The summed E-state index contributed by atoms with van der Waals surface area (Å²) in [5, 5.41) is 11.0. The Bertz CT molecular complexity index is 715. The molecular formula is C17H18O2Si. The van der Waals surface area contributed by atoms with Crippen LogP contribution in [0.5, 0.6) is 0 Å². The molecule has 0 aromatic heterocycles. The molecule has 0 amide bonds. The second-order valence-corrected chi connectivity index (χ2v) is 10.7. The highest BCUT2D eigenvalue weighted by molar-refractivity contribution is 6.83. The predicted octanol–water partition coefficient (Wildman–Crippen LogP) is 3.70. The highest BCUT2D eigenvalue weighted by Gasteiger charge is 2.07. The minimum atomic E-state index is -1.36. The number of carbonyl (C=O) groups is 1. The second kappa shape index (κ2) is 5.52. The van der Waals surface area contributed by atoms with E-state index in [4.69, 9.17) is 5.11 Å². The van der Waals surface area contributed by atoms with Crippen molar-refractivity contribution in [3.63, 3.8) is 0 Å². The number of carboxylic acids is 1. The molecule has 102 valence electrons. The van der Waals surface area contributed by atoms with Crippen LogP contribution in [0.2, 0.25) is 19.6 Å².